The van der Waals surface area contributed by atoms with Crippen LogP contribution in [0.15, 0.2) is 111 Å². The zero-order valence-electron chi connectivity index (χ0n) is 23.2. The van der Waals surface area contributed by atoms with Crippen LogP contribution in [0.25, 0.3) is 11.1 Å². The van der Waals surface area contributed by atoms with Crippen molar-refractivity contribution in [2.24, 2.45) is 0 Å². The minimum absolute atomic E-state index is 0.386. The summed E-state index contributed by atoms with van der Waals surface area (Å²) < 4.78 is 23.6. The Morgan fingerprint density at radius 2 is 1.05 bits per heavy atom. The smallest absolute Gasteiger partial charge is 0.197 e. The third kappa shape index (κ3) is 4.97. The van der Waals surface area contributed by atoms with E-state index in [1.165, 1.54) is 12.5 Å². The molecule has 0 saturated heterocycles. The fraction of sp³-hybridized carbons (Fsp3) is 0.200. The summed E-state index contributed by atoms with van der Waals surface area (Å²) in [4.78, 5) is 0. The summed E-state index contributed by atoms with van der Waals surface area (Å²) in [5, 5.41) is 21.4. The molecular formula is C35H34O6. The first-order chi connectivity index (χ1) is 20.0. The van der Waals surface area contributed by atoms with Crippen LogP contribution >= 0.6 is 0 Å². The Bertz CT molecular complexity index is 1440. The van der Waals surface area contributed by atoms with Crippen LogP contribution in [-0.4, -0.2) is 22.8 Å². The Morgan fingerprint density at radius 3 is 1.44 bits per heavy atom. The zero-order chi connectivity index (χ0) is 29.0. The van der Waals surface area contributed by atoms with Crippen LogP contribution < -0.4 is 18.9 Å². The molecule has 0 heterocycles. The van der Waals surface area contributed by atoms with Gasteiger partial charge in [0, 0.05) is 36.1 Å². The maximum absolute atomic E-state index is 10.7. The second-order valence-corrected chi connectivity index (χ2v) is 9.69. The molecule has 41 heavy (non-hydrogen) atoms. The average Bonchev–Trinajstić information content (AvgIpc) is 3.28. The van der Waals surface area contributed by atoms with E-state index in [2.05, 4.69) is 37.4 Å². The summed E-state index contributed by atoms with van der Waals surface area (Å²) >= 11 is 0. The quantitative estimate of drug-likeness (QED) is 0.125. The predicted octanol–water partition coefficient (Wildman–Crippen LogP) is 7.31. The van der Waals surface area contributed by atoms with Crippen LogP contribution in [0.1, 0.15) is 48.9 Å². The van der Waals surface area contributed by atoms with Gasteiger partial charge in [0.05, 0.1) is 17.9 Å². The highest BCUT2D eigenvalue weighted by atomic mass is 16.6. The standard InChI is InChI=1S/C35H34O6/c1-5-33(36)40-31-21-23(38-7-3)17-19-29(31)35(27-15-11-9-13-25(27)26-14-10-12-16-28(26)35)30-20-18-24(39-8-4)22-32(30)41-34(37)6-2/h7-22,33-34,36-37H,3-6H2,1-2H3. The van der Waals surface area contributed by atoms with Gasteiger partial charge in [-0.1, -0.05) is 87.7 Å². The maximum Gasteiger partial charge on any atom is 0.197 e. The number of rotatable bonds is 12. The first kappa shape index (κ1) is 28.0. The Kier molecular flexibility index (Phi) is 8.15. The summed E-state index contributed by atoms with van der Waals surface area (Å²) in [6, 6.07) is 27.6. The van der Waals surface area contributed by atoms with Crippen LogP contribution in [0, 0.1) is 0 Å². The van der Waals surface area contributed by atoms with Gasteiger partial charge in [-0.15, -0.1) is 0 Å². The zero-order valence-corrected chi connectivity index (χ0v) is 23.2. The highest BCUT2D eigenvalue weighted by molar-refractivity contribution is 5.87. The molecule has 0 radical (unpaired) electrons. The first-order valence-corrected chi connectivity index (χ1v) is 13.7. The van der Waals surface area contributed by atoms with Gasteiger partial charge in [0.25, 0.3) is 0 Å². The third-order valence-electron chi connectivity index (χ3n) is 7.33. The van der Waals surface area contributed by atoms with Gasteiger partial charge in [0.15, 0.2) is 12.6 Å². The molecule has 5 rings (SSSR count). The molecule has 0 fully saturated rings. The lowest BCUT2D eigenvalue weighted by Gasteiger charge is -2.36. The molecule has 0 amide bonds. The minimum atomic E-state index is -1.04. The molecule has 0 bridgehead atoms. The van der Waals surface area contributed by atoms with Gasteiger partial charge in [-0.2, -0.15) is 0 Å². The predicted molar refractivity (Wildman–Crippen MR) is 159 cm³/mol. The molecule has 1 aliphatic carbocycles. The Balaban J connectivity index is 1.92. The van der Waals surface area contributed by atoms with Crippen LogP contribution in [-0.2, 0) is 5.41 Å². The van der Waals surface area contributed by atoms with Gasteiger partial charge in [-0.05, 0) is 34.4 Å². The van der Waals surface area contributed by atoms with Crippen LogP contribution in [0.5, 0.6) is 23.0 Å². The maximum atomic E-state index is 10.7. The summed E-state index contributed by atoms with van der Waals surface area (Å²) in [7, 11) is 0. The van der Waals surface area contributed by atoms with E-state index in [1.54, 1.807) is 12.1 Å². The van der Waals surface area contributed by atoms with E-state index < -0.39 is 18.0 Å². The molecular weight excluding hydrogens is 516 g/mol. The van der Waals surface area contributed by atoms with Crippen LogP contribution in [0.2, 0.25) is 0 Å². The van der Waals surface area contributed by atoms with E-state index in [0.717, 1.165) is 33.4 Å². The Hall–Kier alpha value is -4.52. The van der Waals surface area contributed by atoms with E-state index in [4.69, 9.17) is 18.9 Å². The number of benzene rings is 4. The molecule has 6 nitrogen and oxygen atoms in total. The van der Waals surface area contributed by atoms with Crippen molar-refractivity contribution in [1.29, 1.82) is 0 Å². The monoisotopic (exact) mass is 550 g/mol. The van der Waals surface area contributed by atoms with Crippen molar-refractivity contribution in [1.82, 2.24) is 0 Å². The molecule has 4 aromatic carbocycles. The first-order valence-electron chi connectivity index (χ1n) is 13.7. The summed E-state index contributed by atoms with van der Waals surface area (Å²) in [6.45, 7) is 11.1. The molecule has 2 N–H and O–H groups in total. The molecule has 1 aliphatic rings. The lowest BCUT2D eigenvalue weighted by molar-refractivity contribution is -0.0208. The third-order valence-corrected chi connectivity index (χ3v) is 7.33. The fourth-order valence-corrected chi connectivity index (χ4v) is 5.58. The number of hydrogen-bond acceptors (Lipinski definition) is 6. The SMILES string of the molecule is C=COc1ccc(C2(c3ccc(OC=C)cc3OC(O)CC)c3ccccc3-c3ccccc32)c(OC(O)CC)c1. The summed E-state index contributed by atoms with van der Waals surface area (Å²) in [5.41, 5.74) is 4.71. The number of aliphatic hydroxyl groups is 2. The largest absolute Gasteiger partial charge is 0.465 e. The average molecular weight is 551 g/mol. The van der Waals surface area contributed by atoms with Crippen molar-refractivity contribution < 1.29 is 29.2 Å². The molecule has 2 unspecified atom stereocenters. The lowest BCUT2D eigenvalue weighted by atomic mass is 9.67. The van der Waals surface area contributed by atoms with Crippen LogP contribution in [0.4, 0.5) is 0 Å². The van der Waals surface area contributed by atoms with Crippen molar-refractivity contribution in [3.63, 3.8) is 0 Å². The molecule has 6 heteroatoms. The molecule has 0 aromatic heterocycles. The van der Waals surface area contributed by atoms with Gasteiger partial charge < -0.3 is 29.2 Å². The Morgan fingerprint density at radius 1 is 0.634 bits per heavy atom. The summed E-state index contributed by atoms with van der Waals surface area (Å²) in [5.74, 6) is 1.92. The molecule has 2 atom stereocenters. The second kappa shape index (κ2) is 11.9. The van der Waals surface area contributed by atoms with Crippen LogP contribution in [0.3, 0.4) is 0 Å². The second-order valence-electron chi connectivity index (χ2n) is 9.69. The molecule has 4 aromatic rings. The van der Waals surface area contributed by atoms with Crippen molar-refractivity contribution >= 4 is 0 Å². The molecule has 0 spiro atoms. The van der Waals surface area contributed by atoms with Gasteiger partial charge in [0.2, 0.25) is 0 Å². The van der Waals surface area contributed by atoms with Gasteiger partial charge in [-0.25, -0.2) is 0 Å². The normalized spacial score (nSPS) is 14.2. The molecule has 0 aliphatic heterocycles. The van der Waals surface area contributed by atoms with E-state index in [9.17, 15) is 10.2 Å². The summed E-state index contributed by atoms with van der Waals surface area (Å²) in [6.07, 6.45) is 1.38. The van der Waals surface area contributed by atoms with Crippen molar-refractivity contribution in [3.8, 4) is 34.1 Å². The van der Waals surface area contributed by atoms with Crippen molar-refractivity contribution in [2.45, 2.75) is 44.7 Å². The fourth-order valence-electron chi connectivity index (χ4n) is 5.58. The number of ether oxygens (including phenoxy) is 4. The highest BCUT2D eigenvalue weighted by Crippen LogP contribution is 2.60. The lowest BCUT2D eigenvalue weighted by Crippen LogP contribution is -2.31. The van der Waals surface area contributed by atoms with Crippen molar-refractivity contribution in [3.05, 3.63) is 133 Å². The van der Waals surface area contributed by atoms with E-state index >= 15 is 0 Å². The van der Waals surface area contributed by atoms with Gasteiger partial charge in [-0.3, -0.25) is 0 Å². The minimum Gasteiger partial charge on any atom is -0.465 e. The molecule has 210 valence electrons. The number of aliphatic hydroxyl groups excluding tert-OH is 2. The topological polar surface area (TPSA) is 77.4 Å². The highest BCUT2D eigenvalue weighted by Gasteiger charge is 2.49. The van der Waals surface area contributed by atoms with Gasteiger partial charge in [0.1, 0.15) is 23.0 Å². The van der Waals surface area contributed by atoms with Crippen molar-refractivity contribution in [2.75, 3.05) is 0 Å². The van der Waals surface area contributed by atoms with E-state index in [1.807, 2.05) is 62.4 Å². The molecule has 0 saturated carbocycles. The number of fused-ring (bicyclic) bond motifs is 3. The van der Waals surface area contributed by atoms with E-state index in [-0.39, 0.29) is 0 Å². The van der Waals surface area contributed by atoms with E-state index in [0.29, 0.717) is 35.8 Å². The van der Waals surface area contributed by atoms with Gasteiger partial charge >= 0.3 is 0 Å². The number of hydrogen-bond donors (Lipinski definition) is 2. The Labute approximate surface area is 240 Å².